The van der Waals surface area contributed by atoms with Crippen LogP contribution in [0.3, 0.4) is 0 Å². The fourth-order valence-corrected chi connectivity index (χ4v) is 4.73. The molecule has 3 heterocycles. The van der Waals surface area contributed by atoms with Gasteiger partial charge in [-0.15, -0.1) is 11.3 Å². The monoisotopic (exact) mass is 381 g/mol. The van der Waals surface area contributed by atoms with Crippen LogP contribution in [0.4, 0.5) is 0 Å². The highest BCUT2D eigenvalue weighted by Gasteiger charge is 2.38. The van der Waals surface area contributed by atoms with Gasteiger partial charge in [-0.2, -0.15) is 0 Å². The van der Waals surface area contributed by atoms with E-state index in [-0.39, 0.29) is 11.8 Å². The van der Waals surface area contributed by atoms with Crippen molar-refractivity contribution in [3.63, 3.8) is 0 Å². The Morgan fingerprint density at radius 2 is 1.92 bits per heavy atom. The standard InChI is InChI=1S/C19H31N3O3S/c1-3-15(4-2)18(23)22-7-5-19(24,6-8-22)16-14-26-17(20-16)13-21-9-11-25-12-10-21/h14-15,24H,3-13H2,1-2H3. The number of piperidine rings is 1. The minimum absolute atomic E-state index is 0.112. The summed E-state index contributed by atoms with van der Waals surface area (Å²) in [6.45, 7) is 9.62. The number of aromatic nitrogens is 1. The van der Waals surface area contributed by atoms with Crippen LogP contribution >= 0.6 is 11.3 Å². The summed E-state index contributed by atoms with van der Waals surface area (Å²) in [5, 5.41) is 14.1. The van der Waals surface area contributed by atoms with Crippen LogP contribution in [0.5, 0.6) is 0 Å². The predicted molar refractivity (Wildman–Crippen MR) is 102 cm³/mol. The topological polar surface area (TPSA) is 65.9 Å². The molecule has 3 rings (SSSR count). The van der Waals surface area contributed by atoms with Crippen LogP contribution in [-0.2, 0) is 21.7 Å². The molecule has 26 heavy (non-hydrogen) atoms. The summed E-state index contributed by atoms with van der Waals surface area (Å²) in [5.41, 5.74) is -0.120. The number of thiazole rings is 1. The predicted octanol–water partition coefficient (Wildman–Crippen LogP) is 2.22. The summed E-state index contributed by atoms with van der Waals surface area (Å²) in [7, 11) is 0. The Morgan fingerprint density at radius 3 is 2.54 bits per heavy atom. The summed E-state index contributed by atoms with van der Waals surface area (Å²) in [4.78, 5) is 21.5. The van der Waals surface area contributed by atoms with E-state index < -0.39 is 5.60 Å². The molecule has 6 nitrogen and oxygen atoms in total. The zero-order chi connectivity index (χ0) is 18.6. The summed E-state index contributed by atoms with van der Waals surface area (Å²) in [5.74, 6) is 0.351. The normalized spacial score (nSPS) is 21.3. The van der Waals surface area contributed by atoms with E-state index in [1.54, 1.807) is 11.3 Å². The second-order valence-electron chi connectivity index (χ2n) is 7.39. The SMILES string of the molecule is CCC(CC)C(=O)N1CCC(O)(c2csc(CN3CCOCC3)n2)CC1. The van der Waals surface area contributed by atoms with Crippen LogP contribution in [-0.4, -0.2) is 65.2 Å². The molecule has 146 valence electrons. The Labute approximate surface area is 160 Å². The van der Waals surface area contributed by atoms with Crippen molar-refractivity contribution in [3.8, 4) is 0 Å². The molecule has 0 unspecified atom stereocenters. The zero-order valence-electron chi connectivity index (χ0n) is 15.9. The fourth-order valence-electron chi connectivity index (χ4n) is 3.80. The number of hydrogen-bond donors (Lipinski definition) is 1. The van der Waals surface area contributed by atoms with Gasteiger partial charge < -0.3 is 14.7 Å². The Hall–Kier alpha value is -1.02. The van der Waals surface area contributed by atoms with Crippen molar-refractivity contribution in [1.82, 2.24) is 14.8 Å². The average Bonchev–Trinajstić information content (AvgIpc) is 3.13. The molecule has 0 aromatic carbocycles. The van der Waals surface area contributed by atoms with Gasteiger partial charge in [0.25, 0.3) is 0 Å². The quantitative estimate of drug-likeness (QED) is 0.818. The number of nitrogens with zero attached hydrogens (tertiary/aromatic N) is 3. The largest absolute Gasteiger partial charge is 0.383 e. The molecule has 1 aromatic rings. The number of aliphatic hydroxyl groups is 1. The van der Waals surface area contributed by atoms with Crippen molar-refractivity contribution in [2.75, 3.05) is 39.4 Å². The molecule has 1 aromatic heterocycles. The van der Waals surface area contributed by atoms with Crippen molar-refractivity contribution >= 4 is 17.2 Å². The van der Waals surface area contributed by atoms with E-state index in [1.165, 1.54) is 0 Å². The van der Waals surface area contributed by atoms with Gasteiger partial charge in [-0.25, -0.2) is 4.98 Å². The van der Waals surface area contributed by atoms with Crippen LogP contribution < -0.4 is 0 Å². The van der Waals surface area contributed by atoms with Crippen molar-refractivity contribution < 1.29 is 14.6 Å². The highest BCUT2D eigenvalue weighted by molar-refractivity contribution is 7.09. The highest BCUT2D eigenvalue weighted by atomic mass is 32.1. The van der Waals surface area contributed by atoms with Gasteiger partial charge in [0, 0.05) is 37.5 Å². The number of rotatable bonds is 6. The summed E-state index contributed by atoms with van der Waals surface area (Å²) in [6.07, 6.45) is 2.90. The van der Waals surface area contributed by atoms with Gasteiger partial charge in [-0.1, -0.05) is 13.8 Å². The summed E-state index contributed by atoms with van der Waals surface area (Å²) >= 11 is 1.62. The number of amides is 1. The Morgan fingerprint density at radius 1 is 1.27 bits per heavy atom. The molecule has 0 spiro atoms. The second-order valence-corrected chi connectivity index (χ2v) is 8.33. The van der Waals surface area contributed by atoms with Crippen molar-refractivity contribution in [2.24, 2.45) is 5.92 Å². The summed E-state index contributed by atoms with van der Waals surface area (Å²) < 4.78 is 5.39. The first-order chi connectivity index (χ1) is 12.6. The fraction of sp³-hybridized carbons (Fsp3) is 0.789. The van der Waals surface area contributed by atoms with Gasteiger partial charge in [0.2, 0.25) is 5.91 Å². The molecule has 7 heteroatoms. The molecule has 2 aliphatic heterocycles. The van der Waals surface area contributed by atoms with Gasteiger partial charge in [-0.05, 0) is 25.7 Å². The number of carbonyl (C=O) groups excluding carboxylic acids is 1. The van der Waals surface area contributed by atoms with E-state index in [1.807, 2.05) is 10.3 Å². The first-order valence-corrected chi connectivity index (χ1v) is 10.7. The molecular weight excluding hydrogens is 350 g/mol. The number of likely N-dealkylation sites (tertiary alicyclic amines) is 1. The number of ether oxygens (including phenoxy) is 1. The zero-order valence-corrected chi connectivity index (χ0v) is 16.8. The molecular formula is C19H31N3O3S. The van der Waals surface area contributed by atoms with Gasteiger partial charge in [0.15, 0.2) is 0 Å². The molecule has 2 aliphatic rings. The van der Waals surface area contributed by atoms with Gasteiger partial charge in [0.1, 0.15) is 10.6 Å². The van der Waals surface area contributed by atoms with Crippen LogP contribution in [0.2, 0.25) is 0 Å². The maximum atomic E-state index is 12.5. The molecule has 0 atom stereocenters. The van der Waals surface area contributed by atoms with Crippen molar-refractivity contribution in [3.05, 3.63) is 16.1 Å². The third-order valence-corrected chi connectivity index (χ3v) is 6.56. The smallest absolute Gasteiger partial charge is 0.225 e. The molecule has 2 fully saturated rings. The lowest BCUT2D eigenvalue weighted by Gasteiger charge is -2.38. The Kier molecular flexibility index (Phi) is 6.66. The van der Waals surface area contributed by atoms with Crippen LogP contribution in [0.1, 0.15) is 50.2 Å². The molecule has 1 N–H and O–H groups in total. The molecule has 0 aliphatic carbocycles. The second kappa shape index (κ2) is 8.78. The Bertz CT molecular complexity index is 589. The lowest BCUT2D eigenvalue weighted by Crippen LogP contribution is -2.47. The maximum Gasteiger partial charge on any atom is 0.225 e. The van der Waals surface area contributed by atoms with E-state index in [2.05, 4.69) is 18.7 Å². The van der Waals surface area contributed by atoms with Crippen LogP contribution in [0, 0.1) is 5.92 Å². The average molecular weight is 382 g/mol. The van der Waals surface area contributed by atoms with Gasteiger partial charge in [0.05, 0.1) is 25.5 Å². The van der Waals surface area contributed by atoms with Crippen LogP contribution in [0.25, 0.3) is 0 Å². The molecule has 0 saturated carbocycles. The third kappa shape index (κ3) is 4.44. The van der Waals surface area contributed by atoms with Gasteiger partial charge >= 0.3 is 0 Å². The molecule has 1 amide bonds. The van der Waals surface area contributed by atoms with E-state index >= 15 is 0 Å². The number of hydrogen-bond acceptors (Lipinski definition) is 6. The van der Waals surface area contributed by atoms with Crippen LogP contribution in [0.15, 0.2) is 5.38 Å². The minimum Gasteiger partial charge on any atom is -0.383 e. The highest BCUT2D eigenvalue weighted by Crippen LogP contribution is 2.34. The van der Waals surface area contributed by atoms with E-state index in [0.717, 1.165) is 56.4 Å². The van der Waals surface area contributed by atoms with E-state index in [9.17, 15) is 9.90 Å². The van der Waals surface area contributed by atoms with Crippen molar-refractivity contribution in [1.29, 1.82) is 0 Å². The number of morpholine rings is 1. The molecule has 2 saturated heterocycles. The number of carbonyl (C=O) groups is 1. The van der Waals surface area contributed by atoms with E-state index in [4.69, 9.17) is 9.72 Å². The first-order valence-electron chi connectivity index (χ1n) is 9.82. The Balaban J connectivity index is 1.57. The minimum atomic E-state index is -0.898. The first kappa shape index (κ1) is 19.7. The van der Waals surface area contributed by atoms with Gasteiger partial charge in [-0.3, -0.25) is 9.69 Å². The lowest BCUT2D eigenvalue weighted by atomic mass is 9.88. The summed E-state index contributed by atoms with van der Waals surface area (Å²) in [6, 6.07) is 0. The third-order valence-electron chi connectivity index (χ3n) is 5.73. The lowest BCUT2D eigenvalue weighted by molar-refractivity contribution is -0.140. The maximum absolute atomic E-state index is 12.5. The van der Waals surface area contributed by atoms with Crippen molar-refractivity contribution in [2.45, 2.75) is 51.7 Å². The van der Waals surface area contributed by atoms with E-state index in [0.29, 0.717) is 25.9 Å². The molecule has 0 radical (unpaired) electrons. The molecule has 0 bridgehead atoms.